The molecule has 0 aromatic heterocycles. The van der Waals surface area contributed by atoms with E-state index in [2.05, 4.69) is 10.2 Å². The van der Waals surface area contributed by atoms with Gasteiger partial charge in [-0.25, -0.2) is 0 Å². The molecule has 2 heterocycles. The van der Waals surface area contributed by atoms with E-state index < -0.39 is 5.92 Å². The van der Waals surface area contributed by atoms with Crippen LogP contribution in [0, 0.1) is 5.92 Å². The molecule has 148 valence electrons. The number of nitrogens with one attached hydrogen (secondary N) is 1. The van der Waals surface area contributed by atoms with Gasteiger partial charge in [0.2, 0.25) is 11.8 Å². The van der Waals surface area contributed by atoms with Crippen molar-refractivity contribution in [3.63, 3.8) is 0 Å². The molecule has 2 aliphatic rings. The Kier molecular flexibility index (Phi) is 6.98. The van der Waals surface area contributed by atoms with Crippen LogP contribution in [0.15, 0.2) is 18.2 Å². The molecule has 2 atom stereocenters. The molecule has 6 nitrogen and oxygen atoms in total. The average molecular weight is 414 g/mol. The minimum absolute atomic E-state index is 0.0111. The molecule has 0 spiro atoms. The van der Waals surface area contributed by atoms with Gasteiger partial charge in [-0.2, -0.15) is 0 Å². The maximum Gasteiger partial charge on any atom is 0.239 e. The van der Waals surface area contributed by atoms with Gasteiger partial charge in [0, 0.05) is 37.2 Å². The highest BCUT2D eigenvalue weighted by Crippen LogP contribution is 2.33. The van der Waals surface area contributed by atoms with Crippen LogP contribution in [0.4, 0.5) is 5.69 Å². The number of hydrogen-bond donors (Lipinski definition) is 1. The third-order valence-corrected chi connectivity index (χ3v) is 5.65. The molecule has 8 heteroatoms. The van der Waals surface area contributed by atoms with Gasteiger partial charge < -0.3 is 15.0 Å². The van der Waals surface area contributed by atoms with Crippen molar-refractivity contribution < 1.29 is 14.3 Å². The Balaban J connectivity index is 1.53. The van der Waals surface area contributed by atoms with Crippen LogP contribution >= 0.6 is 23.2 Å². The lowest BCUT2D eigenvalue weighted by molar-refractivity contribution is -0.132. The maximum absolute atomic E-state index is 12.7. The van der Waals surface area contributed by atoms with E-state index in [1.54, 1.807) is 23.1 Å². The van der Waals surface area contributed by atoms with Gasteiger partial charge in [-0.1, -0.05) is 23.2 Å². The molecule has 0 bridgehead atoms. The fraction of sp³-hybridized carbons (Fsp3) is 0.579. The van der Waals surface area contributed by atoms with Crippen molar-refractivity contribution in [3.8, 4) is 0 Å². The normalized spacial score (nSPS) is 22.1. The fourth-order valence-electron chi connectivity index (χ4n) is 3.47. The average Bonchev–Trinajstić information content (AvgIpc) is 3.04. The van der Waals surface area contributed by atoms with Crippen LogP contribution in [0.3, 0.4) is 0 Å². The summed E-state index contributed by atoms with van der Waals surface area (Å²) in [5, 5.41) is 3.94. The summed E-state index contributed by atoms with van der Waals surface area (Å²) >= 11 is 12.2. The zero-order chi connectivity index (χ0) is 19.4. The number of carbonyl (C=O) groups is 2. The molecule has 0 radical (unpaired) electrons. The quantitative estimate of drug-likeness (QED) is 0.727. The van der Waals surface area contributed by atoms with Crippen LogP contribution in [-0.2, 0) is 14.3 Å². The molecule has 0 aliphatic carbocycles. The summed E-state index contributed by atoms with van der Waals surface area (Å²) in [6, 6.07) is 5.01. The second kappa shape index (κ2) is 9.24. The second-order valence-corrected chi connectivity index (χ2v) is 7.92. The smallest absolute Gasteiger partial charge is 0.239 e. The first-order valence-corrected chi connectivity index (χ1v) is 10.1. The van der Waals surface area contributed by atoms with Crippen molar-refractivity contribution in [2.24, 2.45) is 5.92 Å². The van der Waals surface area contributed by atoms with Gasteiger partial charge in [0.1, 0.15) is 5.92 Å². The zero-order valence-electron chi connectivity index (χ0n) is 15.4. The first-order chi connectivity index (χ1) is 13.0. The fourth-order valence-corrected chi connectivity index (χ4v) is 3.86. The highest BCUT2D eigenvalue weighted by molar-refractivity contribution is 6.36. The van der Waals surface area contributed by atoms with Crippen molar-refractivity contribution >= 4 is 40.7 Å². The van der Waals surface area contributed by atoms with Gasteiger partial charge in [0.15, 0.2) is 0 Å². The third-order valence-electron chi connectivity index (χ3n) is 5.09. The number of amides is 2. The highest BCUT2D eigenvalue weighted by atomic mass is 35.5. The summed E-state index contributed by atoms with van der Waals surface area (Å²) < 4.78 is 5.34. The number of rotatable bonds is 6. The molecule has 0 saturated carbocycles. The van der Waals surface area contributed by atoms with Gasteiger partial charge in [-0.05, 0) is 38.0 Å². The first-order valence-electron chi connectivity index (χ1n) is 9.32. The molecule has 2 amide bonds. The SMILES string of the molecule is CC(CCN1CCOCC1)NC(=O)C1CCN(c2cc(Cl)ccc2Cl)C1=O. The molecule has 1 aromatic carbocycles. The van der Waals surface area contributed by atoms with Gasteiger partial charge in [0.25, 0.3) is 0 Å². The van der Waals surface area contributed by atoms with Crippen molar-refractivity contribution in [2.75, 3.05) is 44.3 Å². The van der Waals surface area contributed by atoms with Gasteiger partial charge >= 0.3 is 0 Å². The number of halogens is 2. The van der Waals surface area contributed by atoms with Crippen LogP contribution in [-0.4, -0.2) is 62.1 Å². The summed E-state index contributed by atoms with van der Waals surface area (Å²) in [6.45, 7) is 6.73. The Bertz CT molecular complexity index is 695. The number of benzene rings is 1. The lowest BCUT2D eigenvalue weighted by Gasteiger charge is -2.28. The Morgan fingerprint density at radius 3 is 2.78 bits per heavy atom. The summed E-state index contributed by atoms with van der Waals surface area (Å²) in [5.74, 6) is -1.11. The van der Waals surface area contributed by atoms with E-state index >= 15 is 0 Å². The standard InChI is InChI=1S/C19H25Cl2N3O3/c1-13(4-6-23-8-10-27-11-9-23)22-18(25)15-5-7-24(19(15)26)17-12-14(20)2-3-16(17)21/h2-3,12-13,15H,4-11H2,1H3,(H,22,25). The summed E-state index contributed by atoms with van der Waals surface area (Å²) in [6.07, 6.45) is 1.32. The van der Waals surface area contributed by atoms with Gasteiger partial charge in [0.05, 0.1) is 23.9 Å². The van der Waals surface area contributed by atoms with Crippen LogP contribution < -0.4 is 10.2 Å². The van der Waals surface area contributed by atoms with Gasteiger partial charge in [-0.15, -0.1) is 0 Å². The highest BCUT2D eigenvalue weighted by Gasteiger charge is 2.38. The number of hydrogen-bond acceptors (Lipinski definition) is 4. The number of morpholine rings is 1. The summed E-state index contributed by atoms with van der Waals surface area (Å²) in [5.41, 5.74) is 0.560. The molecule has 1 aromatic rings. The molecule has 2 saturated heterocycles. The van der Waals surface area contributed by atoms with E-state index in [-0.39, 0.29) is 17.9 Å². The van der Waals surface area contributed by atoms with Crippen LogP contribution in [0.2, 0.25) is 10.0 Å². The molecular weight excluding hydrogens is 389 g/mol. The minimum atomic E-state index is -0.675. The number of nitrogens with zero attached hydrogens (tertiary/aromatic N) is 2. The molecular formula is C19H25Cl2N3O3. The van der Waals surface area contributed by atoms with E-state index in [9.17, 15) is 9.59 Å². The maximum atomic E-state index is 12.7. The number of anilines is 1. The van der Waals surface area contributed by atoms with E-state index in [1.165, 1.54) is 0 Å². The van der Waals surface area contributed by atoms with Crippen molar-refractivity contribution in [2.45, 2.75) is 25.8 Å². The first kappa shape index (κ1) is 20.4. The molecule has 27 heavy (non-hydrogen) atoms. The summed E-state index contributed by atoms with van der Waals surface area (Å²) in [7, 11) is 0. The predicted molar refractivity (Wildman–Crippen MR) is 106 cm³/mol. The Morgan fingerprint density at radius 2 is 2.04 bits per heavy atom. The monoisotopic (exact) mass is 413 g/mol. The Hall–Kier alpha value is -1.34. The van der Waals surface area contributed by atoms with Crippen LogP contribution in [0.5, 0.6) is 0 Å². The van der Waals surface area contributed by atoms with Crippen LogP contribution in [0.25, 0.3) is 0 Å². The van der Waals surface area contributed by atoms with E-state index in [1.807, 2.05) is 6.92 Å². The predicted octanol–water partition coefficient (Wildman–Crippen LogP) is 2.57. The molecule has 2 aliphatic heterocycles. The van der Waals surface area contributed by atoms with Crippen molar-refractivity contribution in [1.29, 1.82) is 0 Å². The second-order valence-electron chi connectivity index (χ2n) is 7.08. The van der Waals surface area contributed by atoms with Gasteiger partial charge in [-0.3, -0.25) is 14.5 Å². The number of ether oxygens (including phenoxy) is 1. The lowest BCUT2D eigenvalue weighted by atomic mass is 10.1. The largest absolute Gasteiger partial charge is 0.379 e. The van der Waals surface area contributed by atoms with E-state index in [0.29, 0.717) is 28.7 Å². The third kappa shape index (κ3) is 5.13. The lowest BCUT2D eigenvalue weighted by Crippen LogP contribution is -2.43. The van der Waals surface area contributed by atoms with Crippen molar-refractivity contribution in [1.82, 2.24) is 10.2 Å². The topological polar surface area (TPSA) is 61.9 Å². The molecule has 1 N–H and O–H groups in total. The zero-order valence-corrected chi connectivity index (χ0v) is 16.9. The summed E-state index contributed by atoms with van der Waals surface area (Å²) in [4.78, 5) is 29.2. The van der Waals surface area contributed by atoms with Crippen molar-refractivity contribution in [3.05, 3.63) is 28.2 Å². The van der Waals surface area contributed by atoms with E-state index in [4.69, 9.17) is 27.9 Å². The molecule has 2 unspecified atom stereocenters. The number of carbonyl (C=O) groups excluding carboxylic acids is 2. The van der Waals surface area contributed by atoms with E-state index in [0.717, 1.165) is 39.3 Å². The van der Waals surface area contributed by atoms with Crippen LogP contribution in [0.1, 0.15) is 19.8 Å². The minimum Gasteiger partial charge on any atom is -0.379 e. The molecule has 3 rings (SSSR count). The Morgan fingerprint density at radius 1 is 1.30 bits per heavy atom. The molecule has 2 fully saturated rings. The Labute approximate surface area is 169 Å².